The summed E-state index contributed by atoms with van der Waals surface area (Å²) in [5.74, 6) is 0.167. The Kier molecular flexibility index (Phi) is 9.89. The van der Waals surface area contributed by atoms with Gasteiger partial charge in [-0.05, 0) is 60.5 Å². The number of Topliss-reactive ketones (excluding diaryl/α,β-unsaturated/α-hetero) is 1. The third-order valence-corrected chi connectivity index (χ3v) is 4.64. The molecule has 146 valence electrons. The molecule has 0 aliphatic carbocycles. The summed E-state index contributed by atoms with van der Waals surface area (Å²) in [6.07, 6.45) is 1.69. The lowest BCUT2D eigenvalue weighted by atomic mass is 9.92. The highest BCUT2D eigenvalue weighted by molar-refractivity contribution is 5.95. The SMILES string of the molecule is C/C(=N\O)C(C)(C)NCCCNC(C)(C)/C(CCC(=O)C(C)C)=N/O. The monoisotopic (exact) mass is 356 g/mol. The second kappa shape index (κ2) is 10.5. The molecule has 0 saturated heterocycles. The van der Waals surface area contributed by atoms with Crippen molar-refractivity contribution in [2.45, 2.75) is 78.8 Å². The van der Waals surface area contributed by atoms with Gasteiger partial charge in [-0.3, -0.25) is 4.79 Å². The highest BCUT2D eigenvalue weighted by Gasteiger charge is 2.26. The highest BCUT2D eigenvalue weighted by atomic mass is 16.4. The zero-order valence-corrected chi connectivity index (χ0v) is 16.8. The molecule has 0 heterocycles. The van der Waals surface area contributed by atoms with E-state index in [9.17, 15) is 10.0 Å². The predicted molar refractivity (Wildman–Crippen MR) is 102 cm³/mol. The van der Waals surface area contributed by atoms with Gasteiger partial charge in [0.1, 0.15) is 5.78 Å². The van der Waals surface area contributed by atoms with E-state index in [1.807, 2.05) is 41.5 Å². The fraction of sp³-hybridized carbons (Fsp3) is 0.833. The number of hydrogen-bond donors (Lipinski definition) is 4. The maximum absolute atomic E-state index is 11.8. The van der Waals surface area contributed by atoms with Crippen LogP contribution in [-0.4, -0.2) is 51.8 Å². The topological polar surface area (TPSA) is 106 Å². The van der Waals surface area contributed by atoms with Gasteiger partial charge in [0.05, 0.1) is 22.5 Å². The van der Waals surface area contributed by atoms with E-state index >= 15 is 0 Å². The van der Waals surface area contributed by atoms with Crippen molar-refractivity contribution in [1.82, 2.24) is 10.6 Å². The smallest absolute Gasteiger partial charge is 0.135 e. The van der Waals surface area contributed by atoms with Crippen molar-refractivity contribution < 1.29 is 15.2 Å². The third-order valence-electron chi connectivity index (χ3n) is 4.64. The molecule has 0 bridgehead atoms. The van der Waals surface area contributed by atoms with Crippen LogP contribution in [0.25, 0.3) is 0 Å². The van der Waals surface area contributed by atoms with Crippen molar-refractivity contribution in [3.8, 4) is 0 Å². The molecule has 0 saturated carbocycles. The first kappa shape index (κ1) is 23.5. The first-order valence-electron chi connectivity index (χ1n) is 8.91. The summed E-state index contributed by atoms with van der Waals surface area (Å²) < 4.78 is 0. The molecule has 0 aromatic rings. The molecule has 0 spiro atoms. The first-order valence-corrected chi connectivity index (χ1v) is 8.91. The van der Waals surface area contributed by atoms with Crippen LogP contribution >= 0.6 is 0 Å². The van der Waals surface area contributed by atoms with Gasteiger partial charge < -0.3 is 21.0 Å². The molecule has 0 aliphatic heterocycles. The van der Waals surface area contributed by atoms with Gasteiger partial charge in [0.15, 0.2) is 0 Å². The van der Waals surface area contributed by atoms with Crippen molar-refractivity contribution in [3.05, 3.63) is 0 Å². The van der Waals surface area contributed by atoms with Crippen molar-refractivity contribution >= 4 is 17.2 Å². The molecular formula is C18H36N4O3. The molecule has 0 atom stereocenters. The number of ketones is 1. The fourth-order valence-corrected chi connectivity index (χ4v) is 2.26. The summed E-state index contributed by atoms with van der Waals surface area (Å²) in [4.78, 5) is 11.8. The quantitative estimate of drug-likeness (QED) is 0.186. The molecule has 4 N–H and O–H groups in total. The second-order valence-corrected chi connectivity index (χ2v) is 7.81. The summed E-state index contributed by atoms with van der Waals surface area (Å²) in [7, 11) is 0. The van der Waals surface area contributed by atoms with E-state index in [0.29, 0.717) is 24.3 Å². The lowest BCUT2D eigenvalue weighted by molar-refractivity contribution is -0.121. The Morgan fingerprint density at radius 3 is 1.92 bits per heavy atom. The van der Waals surface area contributed by atoms with Crippen molar-refractivity contribution in [1.29, 1.82) is 0 Å². The van der Waals surface area contributed by atoms with Gasteiger partial charge in [-0.25, -0.2) is 0 Å². The van der Waals surface area contributed by atoms with E-state index in [1.165, 1.54) is 0 Å². The van der Waals surface area contributed by atoms with Crippen LogP contribution in [0.3, 0.4) is 0 Å². The lowest BCUT2D eigenvalue weighted by Gasteiger charge is -2.28. The van der Waals surface area contributed by atoms with Crippen LogP contribution in [0.15, 0.2) is 10.3 Å². The molecule has 0 aromatic carbocycles. The number of nitrogens with zero attached hydrogens (tertiary/aromatic N) is 2. The minimum Gasteiger partial charge on any atom is -0.411 e. The molecule has 0 unspecified atom stereocenters. The second-order valence-electron chi connectivity index (χ2n) is 7.81. The Morgan fingerprint density at radius 1 is 0.960 bits per heavy atom. The number of hydrogen-bond acceptors (Lipinski definition) is 7. The minimum absolute atomic E-state index is 0.00337. The maximum atomic E-state index is 11.8. The Labute approximate surface area is 151 Å². The van der Waals surface area contributed by atoms with Gasteiger partial charge in [-0.1, -0.05) is 24.2 Å². The van der Waals surface area contributed by atoms with Crippen LogP contribution < -0.4 is 10.6 Å². The molecule has 7 heteroatoms. The van der Waals surface area contributed by atoms with Crippen molar-refractivity contribution in [3.63, 3.8) is 0 Å². The molecule has 0 rings (SSSR count). The fourth-order valence-electron chi connectivity index (χ4n) is 2.26. The van der Waals surface area contributed by atoms with Crippen LogP contribution in [0.2, 0.25) is 0 Å². The Hall–Kier alpha value is -1.47. The number of nitrogens with one attached hydrogen (secondary N) is 2. The Bertz CT molecular complexity index is 483. The Morgan fingerprint density at radius 2 is 1.48 bits per heavy atom. The summed E-state index contributed by atoms with van der Waals surface area (Å²) in [5.41, 5.74) is 0.367. The van der Waals surface area contributed by atoms with E-state index in [-0.39, 0.29) is 17.2 Å². The average Bonchev–Trinajstić information content (AvgIpc) is 2.53. The van der Waals surface area contributed by atoms with Gasteiger partial charge in [-0.2, -0.15) is 0 Å². The number of carbonyl (C=O) groups excluding carboxylic acids is 1. The minimum atomic E-state index is -0.482. The summed E-state index contributed by atoms with van der Waals surface area (Å²) in [6, 6.07) is 0. The van der Waals surface area contributed by atoms with Gasteiger partial charge in [-0.15, -0.1) is 0 Å². The van der Waals surface area contributed by atoms with Gasteiger partial charge >= 0.3 is 0 Å². The van der Waals surface area contributed by atoms with E-state index in [1.54, 1.807) is 6.92 Å². The summed E-state index contributed by atoms with van der Waals surface area (Å²) >= 11 is 0. The number of carbonyl (C=O) groups is 1. The van der Waals surface area contributed by atoms with Gasteiger partial charge in [0.25, 0.3) is 0 Å². The molecule has 0 aromatic heterocycles. The van der Waals surface area contributed by atoms with Crippen LogP contribution in [-0.2, 0) is 4.79 Å². The third kappa shape index (κ3) is 8.45. The van der Waals surface area contributed by atoms with Crippen molar-refractivity contribution in [2.75, 3.05) is 13.1 Å². The normalized spacial score (nSPS) is 14.2. The van der Waals surface area contributed by atoms with E-state index < -0.39 is 5.54 Å². The van der Waals surface area contributed by atoms with Gasteiger partial charge in [0, 0.05) is 12.3 Å². The predicted octanol–water partition coefficient (Wildman–Crippen LogP) is 2.80. The maximum Gasteiger partial charge on any atom is 0.135 e. The zero-order valence-electron chi connectivity index (χ0n) is 16.8. The van der Waals surface area contributed by atoms with Crippen LogP contribution in [0, 0.1) is 5.92 Å². The van der Waals surface area contributed by atoms with Crippen LogP contribution in [0.1, 0.15) is 67.7 Å². The molecule has 0 amide bonds. The van der Waals surface area contributed by atoms with E-state index in [2.05, 4.69) is 20.9 Å². The first-order chi connectivity index (χ1) is 11.5. The molecule has 25 heavy (non-hydrogen) atoms. The molecular weight excluding hydrogens is 320 g/mol. The van der Waals surface area contributed by atoms with Crippen LogP contribution in [0.4, 0.5) is 0 Å². The highest BCUT2D eigenvalue weighted by Crippen LogP contribution is 2.13. The molecule has 0 radical (unpaired) electrons. The van der Waals surface area contributed by atoms with E-state index in [0.717, 1.165) is 19.5 Å². The average molecular weight is 357 g/mol. The molecule has 0 fully saturated rings. The Balaban J connectivity index is 4.36. The molecule has 0 aliphatic rings. The lowest BCUT2D eigenvalue weighted by Crippen LogP contribution is -2.49. The molecule has 7 nitrogen and oxygen atoms in total. The summed E-state index contributed by atoms with van der Waals surface area (Å²) in [6.45, 7) is 14.8. The largest absolute Gasteiger partial charge is 0.411 e. The van der Waals surface area contributed by atoms with E-state index in [4.69, 9.17) is 5.21 Å². The zero-order chi connectivity index (χ0) is 19.7. The van der Waals surface area contributed by atoms with Crippen LogP contribution in [0.5, 0.6) is 0 Å². The number of rotatable bonds is 12. The van der Waals surface area contributed by atoms with Crippen molar-refractivity contribution in [2.24, 2.45) is 16.2 Å². The van der Waals surface area contributed by atoms with Gasteiger partial charge in [0.2, 0.25) is 0 Å². The number of oxime groups is 2. The summed E-state index contributed by atoms with van der Waals surface area (Å²) in [5, 5.41) is 31.5. The standard InChI is InChI=1S/C18H36N4O3/c1-13(2)15(23)9-10-16(22-25)18(6,7)20-12-8-11-19-17(4,5)14(3)21-24/h13,19-20,24-25H,8-12H2,1-7H3/b21-14+,22-16+.